The van der Waals surface area contributed by atoms with Crippen molar-refractivity contribution in [1.29, 1.82) is 0 Å². The molecule has 0 aliphatic carbocycles. The van der Waals surface area contributed by atoms with Crippen molar-refractivity contribution >= 4 is 40.0 Å². The smallest absolute Gasteiger partial charge is 0.271 e. The van der Waals surface area contributed by atoms with Crippen molar-refractivity contribution in [2.24, 2.45) is 11.7 Å². The molecule has 0 radical (unpaired) electrons. The van der Waals surface area contributed by atoms with E-state index in [2.05, 4.69) is 27.1 Å². The van der Waals surface area contributed by atoms with Crippen molar-refractivity contribution < 1.29 is 9.59 Å². The molecule has 3 heterocycles. The van der Waals surface area contributed by atoms with E-state index in [0.29, 0.717) is 18.1 Å². The quantitative estimate of drug-likeness (QED) is 0.596. The first kappa shape index (κ1) is 22.4. The van der Waals surface area contributed by atoms with E-state index in [9.17, 15) is 9.59 Å². The van der Waals surface area contributed by atoms with Crippen LogP contribution in [0.4, 0.5) is 17.3 Å². The molecule has 1 aliphatic rings. The third-order valence-electron chi connectivity index (χ3n) is 6.24. The van der Waals surface area contributed by atoms with Gasteiger partial charge in [0.2, 0.25) is 5.91 Å². The van der Waals surface area contributed by atoms with Gasteiger partial charge in [-0.05, 0) is 49.9 Å². The Morgan fingerprint density at radius 1 is 1.24 bits per heavy atom. The van der Waals surface area contributed by atoms with Gasteiger partial charge in [-0.15, -0.1) is 0 Å². The monoisotopic (exact) mass is 447 g/mol. The number of nitrogens with two attached hydrogens (primary N) is 1. The van der Waals surface area contributed by atoms with Crippen LogP contribution in [-0.4, -0.2) is 58.3 Å². The number of primary amides is 1. The minimum atomic E-state index is -0.653. The summed E-state index contributed by atoms with van der Waals surface area (Å²) in [5.74, 6) is 0.647. The highest BCUT2D eigenvalue weighted by Crippen LogP contribution is 2.31. The summed E-state index contributed by atoms with van der Waals surface area (Å²) in [7, 11) is 3.56. The Balaban J connectivity index is 1.62. The lowest BCUT2D eigenvalue weighted by Gasteiger charge is -2.40. The molecule has 0 unspecified atom stereocenters. The van der Waals surface area contributed by atoms with Gasteiger partial charge >= 0.3 is 0 Å². The lowest BCUT2D eigenvalue weighted by atomic mass is 9.87. The molecule has 2 amide bonds. The normalized spacial score (nSPS) is 18.2. The van der Waals surface area contributed by atoms with Gasteiger partial charge < -0.3 is 20.9 Å². The summed E-state index contributed by atoms with van der Waals surface area (Å²) < 4.78 is 0. The zero-order valence-corrected chi connectivity index (χ0v) is 19.2. The Kier molecular flexibility index (Phi) is 6.39. The number of hydrogen-bond donors (Lipinski definition) is 2. The molecule has 2 aromatic heterocycles. The number of aromatic nitrogens is 3. The van der Waals surface area contributed by atoms with Gasteiger partial charge in [-0.25, -0.2) is 9.97 Å². The molecule has 172 valence electrons. The minimum Gasteiger partial charge on any atom is -0.364 e. The number of nitrogens with one attached hydrogen (secondary N) is 1. The second kappa shape index (κ2) is 9.40. The van der Waals surface area contributed by atoms with Gasteiger partial charge in [-0.2, -0.15) is 0 Å². The van der Waals surface area contributed by atoms with Crippen LogP contribution in [0.3, 0.4) is 0 Å². The predicted octanol–water partition coefficient (Wildman–Crippen LogP) is 2.95. The van der Waals surface area contributed by atoms with Crippen molar-refractivity contribution in [3.63, 3.8) is 0 Å². The van der Waals surface area contributed by atoms with Crippen molar-refractivity contribution in [2.75, 3.05) is 30.9 Å². The first-order valence-corrected chi connectivity index (χ1v) is 11.1. The molecule has 0 spiro atoms. The number of piperidine rings is 1. The Morgan fingerprint density at radius 3 is 2.82 bits per heavy atom. The van der Waals surface area contributed by atoms with Crippen LogP contribution < -0.4 is 16.0 Å². The molecule has 4 rings (SSSR count). The van der Waals surface area contributed by atoms with Gasteiger partial charge in [0.05, 0.1) is 11.7 Å². The van der Waals surface area contributed by atoms with Crippen LogP contribution in [0, 0.1) is 5.92 Å². The number of rotatable bonds is 6. The second-order valence-corrected chi connectivity index (χ2v) is 8.65. The van der Waals surface area contributed by atoms with Crippen LogP contribution in [0.5, 0.6) is 0 Å². The van der Waals surface area contributed by atoms with Gasteiger partial charge in [0, 0.05) is 50.4 Å². The van der Waals surface area contributed by atoms with E-state index in [0.717, 1.165) is 36.0 Å². The Morgan fingerprint density at radius 2 is 2.06 bits per heavy atom. The Hall–Kier alpha value is -3.75. The molecule has 1 saturated heterocycles. The van der Waals surface area contributed by atoms with Gasteiger partial charge in [-0.1, -0.05) is 6.07 Å². The third-order valence-corrected chi connectivity index (χ3v) is 6.24. The molecule has 3 aromatic rings. The van der Waals surface area contributed by atoms with Crippen molar-refractivity contribution in [3.8, 4) is 0 Å². The highest BCUT2D eigenvalue weighted by molar-refractivity contribution is 5.96. The molecule has 33 heavy (non-hydrogen) atoms. The summed E-state index contributed by atoms with van der Waals surface area (Å²) in [4.78, 5) is 41.5. The number of fused-ring (bicyclic) bond motifs is 1. The molecule has 3 N–H and O–H groups in total. The molecule has 0 saturated carbocycles. The zero-order valence-electron chi connectivity index (χ0n) is 19.2. The number of benzene rings is 1. The highest BCUT2D eigenvalue weighted by Gasteiger charge is 2.31. The molecule has 2 atom stereocenters. The van der Waals surface area contributed by atoms with E-state index in [1.165, 1.54) is 0 Å². The summed E-state index contributed by atoms with van der Waals surface area (Å²) in [5, 5.41) is 4.17. The fraction of sp³-hybridized carbons (Fsp3) is 0.375. The second-order valence-electron chi connectivity index (χ2n) is 8.65. The lowest BCUT2D eigenvalue weighted by molar-refractivity contribution is -0.130. The number of carbonyl (C=O) groups excluding carboxylic acids is 2. The fourth-order valence-electron chi connectivity index (χ4n) is 4.30. The standard InChI is InChI=1S/C24H29N7O2/c1-15-16(13-21(32)30(2)3)7-5-11-31(15)20-14-27-22(23(25)33)24(29-20)28-18-8-9-19-17(12-18)6-4-10-26-19/h4,6,8-10,12,14-16H,5,7,11,13H2,1-3H3,(H2,25,33)(H,28,29)/t15-,16+/m1/s1. The van der Waals surface area contributed by atoms with E-state index in [4.69, 9.17) is 10.7 Å². The molecule has 0 bridgehead atoms. The largest absolute Gasteiger partial charge is 0.364 e. The topological polar surface area (TPSA) is 117 Å². The average Bonchev–Trinajstić information content (AvgIpc) is 2.80. The Bertz CT molecular complexity index is 1180. The molecule has 1 aromatic carbocycles. The summed E-state index contributed by atoms with van der Waals surface area (Å²) in [6.45, 7) is 2.92. The van der Waals surface area contributed by atoms with Crippen molar-refractivity contribution in [3.05, 3.63) is 48.4 Å². The first-order valence-electron chi connectivity index (χ1n) is 11.1. The first-order chi connectivity index (χ1) is 15.8. The third kappa shape index (κ3) is 4.87. The minimum absolute atomic E-state index is 0.0778. The number of carbonyl (C=O) groups is 2. The maximum Gasteiger partial charge on any atom is 0.271 e. The van der Waals surface area contributed by atoms with Crippen molar-refractivity contribution in [2.45, 2.75) is 32.2 Å². The summed E-state index contributed by atoms with van der Waals surface area (Å²) in [6, 6.07) is 9.66. The van der Waals surface area contributed by atoms with Crippen LogP contribution in [0.15, 0.2) is 42.7 Å². The number of pyridine rings is 1. The van der Waals surface area contributed by atoms with Gasteiger partial charge in [-0.3, -0.25) is 14.6 Å². The number of nitrogens with zero attached hydrogens (tertiary/aromatic N) is 5. The van der Waals surface area contributed by atoms with Crippen LogP contribution in [-0.2, 0) is 4.79 Å². The molecule has 1 aliphatic heterocycles. The van der Waals surface area contributed by atoms with E-state index < -0.39 is 5.91 Å². The SMILES string of the molecule is C[C@@H]1[C@H](CC(=O)N(C)C)CCCN1c1cnc(C(N)=O)c(Nc2ccc3ncccc3c2)n1. The molecular formula is C24H29N7O2. The summed E-state index contributed by atoms with van der Waals surface area (Å²) in [6.07, 6.45) is 5.76. The average molecular weight is 448 g/mol. The predicted molar refractivity (Wildman–Crippen MR) is 128 cm³/mol. The molecular weight excluding hydrogens is 418 g/mol. The number of anilines is 3. The van der Waals surface area contributed by atoms with Crippen LogP contribution in [0.2, 0.25) is 0 Å². The van der Waals surface area contributed by atoms with E-state index >= 15 is 0 Å². The maximum atomic E-state index is 12.3. The van der Waals surface area contributed by atoms with E-state index in [-0.39, 0.29) is 23.6 Å². The van der Waals surface area contributed by atoms with E-state index in [1.807, 2.05) is 30.3 Å². The molecule has 9 heteroatoms. The van der Waals surface area contributed by atoms with Gasteiger partial charge in [0.25, 0.3) is 5.91 Å². The lowest BCUT2D eigenvalue weighted by Crippen LogP contribution is -2.45. The van der Waals surface area contributed by atoms with Gasteiger partial charge in [0.15, 0.2) is 11.5 Å². The fourth-order valence-corrected chi connectivity index (χ4v) is 4.30. The van der Waals surface area contributed by atoms with Crippen LogP contribution in [0.1, 0.15) is 36.7 Å². The van der Waals surface area contributed by atoms with Crippen LogP contribution in [0.25, 0.3) is 10.9 Å². The Labute approximate surface area is 193 Å². The highest BCUT2D eigenvalue weighted by atomic mass is 16.2. The number of amides is 2. The zero-order chi connectivity index (χ0) is 23.5. The summed E-state index contributed by atoms with van der Waals surface area (Å²) in [5.41, 5.74) is 7.28. The molecule has 1 fully saturated rings. The molecule has 9 nitrogen and oxygen atoms in total. The summed E-state index contributed by atoms with van der Waals surface area (Å²) >= 11 is 0. The van der Waals surface area contributed by atoms with Crippen molar-refractivity contribution in [1.82, 2.24) is 19.9 Å². The van der Waals surface area contributed by atoms with Gasteiger partial charge in [0.1, 0.15) is 5.82 Å². The maximum absolute atomic E-state index is 12.3. The number of hydrogen-bond acceptors (Lipinski definition) is 7. The van der Waals surface area contributed by atoms with Crippen LogP contribution >= 0.6 is 0 Å². The van der Waals surface area contributed by atoms with E-state index in [1.54, 1.807) is 31.4 Å².